The topological polar surface area (TPSA) is 44.8 Å². The van der Waals surface area contributed by atoms with Crippen LogP contribution < -0.4 is 4.90 Å². The Balaban J connectivity index is 1.68. The van der Waals surface area contributed by atoms with Gasteiger partial charge in [-0.05, 0) is 48.3 Å². The third-order valence-corrected chi connectivity index (χ3v) is 6.01. The molecule has 0 unspecified atom stereocenters. The summed E-state index contributed by atoms with van der Waals surface area (Å²) in [5.41, 5.74) is 3.35. The van der Waals surface area contributed by atoms with Crippen LogP contribution in [0, 0.1) is 16.6 Å². The molecule has 130 valence electrons. The van der Waals surface area contributed by atoms with Crippen molar-refractivity contribution in [1.29, 1.82) is 0 Å². The van der Waals surface area contributed by atoms with E-state index in [1.54, 1.807) is 18.5 Å². The number of nitrogens with zero attached hydrogens (tertiary/aromatic N) is 3. The van der Waals surface area contributed by atoms with E-state index in [-0.39, 0.29) is 5.82 Å². The zero-order chi connectivity index (χ0) is 17.4. The third-order valence-electron chi connectivity index (χ3n) is 6.01. The van der Waals surface area contributed by atoms with Gasteiger partial charge in [-0.1, -0.05) is 20.8 Å². The van der Waals surface area contributed by atoms with Crippen LogP contribution in [0.2, 0.25) is 0 Å². The predicted molar refractivity (Wildman–Crippen MR) is 98.2 cm³/mol. The second-order valence-corrected chi connectivity index (χ2v) is 9.08. The van der Waals surface area contributed by atoms with E-state index in [2.05, 4.69) is 40.6 Å². The summed E-state index contributed by atoms with van der Waals surface area (Å²) in [4.78, 5) is 15.0. The predicted octanol–water partition coefficient (Wildman–Crippen LogP) is 4.66. The minimum absolute atomic E-state index is 0.236. The fourth-order valence-electron chi connectivity index (χ4n) is 5.58. The van der Waals surface area contributed by atoms with Gasteiger partial charge in [0.05, 0.1) is 0 Å². The van der Waals surface area contributed by atoms with Gasteiger partial charge in [0.15, 0.2) is 5.82 Å². The van der Waals surface area contributed by atoms with Crippen LogP contribution in [0.4, 0.5) is 10.2 Å². The Morgan fingerprint density at radius 1 is 1.20 bits per heavy atom. The first-order chi connectivity index (χ1) is 11.8. The van der Waals surface area contributed by atoms with E-state index in [0.717, 1.165) is 34.3 Å². The summed E-state index contributed by atoms with van der Waals surface area (Å²) in [5.74, 6) is 0.730. The Morgan fingerprint density at radius 2 is 2.04 bits per heavy atom. The van der Waals surface area contributed by atoms with Crippen molar-refractivity contribution in [2.75, 3.05) is 11.4 Å². The normalized spacial score (nSPS) is 28.2. The van der Waals surface area contributed by atoms with Crippen molar-refractivity contribution in [2.24, 2.45) is 10.8 Å². The summed E-state index contributed by atoms with van der Waals surface area (Å²) in [6, 6.07) is 5.33. The number of H-pyrrole nitrogens is 1. The van der Waals surface area contributed by atoms with Gasteiger partial charge in [-0.2, -0.15) is 0 Å². The molecule has 5 heteroatoms. The van der Waals surface area contributed by atoms with E-state index in [1.807, 2.05) is 0 Å². The number of aromatic amines is 1. The number of benzene rings is 1. The number of hydrogen-bond donors (Lipinski definition) is 1. The van der Waals surface area contributed by atoms with Crippen LogP contribution in [0.25, 0.3) is 21.9 Å². The highest BCUT2D eigenvalue weighted by atomic mass is 19.1. The number of rotatable bonds is 1. The van der Waals surface area contributed by atoms with Crippen LogP contribution in [0.1, 0.15) is 40.0 Å². The molecule has 25 heavy (non-hydrogen) atoms. The Morgan fingerprint density at radius 3 is 2.88 bits per heavy atom. The highest BCUT2D eigenvalue weighted by Gasteiger charge is 2.50. The Bertz CT molecular complexity index is 992. The molecule has 2 fully saturated rings. The monoisotopic (exact) mass is 338 g/mol. The van der Waals surface area contributed by atoms with Gasteiger partial charge in [0.25, 0.3) is 0 Å². The maximum Gasteiger partial charge on any atom is 0.156 e. The lowest BCUT2D eigenvalue weighted by atomic mass is 9.65. The summed E-state index contributed by atoms with van der Waals surface area (Å²) in [5, 5.41) is 0.826. The molecule has 1 N–H and O–H groups in total. The molecule has 0 spiro atoms. The quantitative estimate of drug-likeness (QED) is 0.702. The average Bonchev–Trinajstić information content (AvgIpc) is 3.00. The Labute approximate surface area is 146 Å². The SMILES string of the molecule is CC1(C)C[C@@H]2C[C@@](C)(CN2c2ncnc3c2[nH]c2ccc(F)cc23)C1. The van der Waals surface area contributed by atoms with Gasteiger partial charge in [0.2, 0.25) is 0 Å². The molecule has 1 aliphatic heterocycles. The van der Waals surface area contributed by atoms with Crippen LogP contribution in [0.15, 0.2) is 24.5 Å². The highest BCUT2D eigenvalue weighted by molar-refractivity contribution is 6.08. The molecular weight excluding hydrogens is 315 g/mol. The number of nitrogens with one attached hydrogen (secondary N) is 1. The zero-order valence-corrected chi connectivity index (χ0v) is 14.9. The first-order valence-corrected chi connectivity index (χ1v) is 9.02. The molecule has 2 aliphatic rings. The molecule has 1 saturated carbocycles. The standard InChI is InChI=1S/C20H23FN4/c1-19(2)7-13-8-20(3,9-19)10-25(13)18-17-16(22-11-23-18)14-6-12(21)4-5-15(14)24-17/h4-6,11,13,24H,7-10H2,1-3H3/t13-,20-/m1/s1. The Kier molecular flexibility index (Phi) is 2.85. The number of aromatic nitrogens is 3. The molecule has 2 aromatic heterocycles. The van der Waals surface area contributed by atoms with Gasteiger partial charge in [-0.15, -0.1) is 0 Å². The first kappa shape index (κ1) is 15.1. The van der Waals surface area contributed by atoms with Gasteiger partial charge in [-0.3, -0.25) is 0 Å². The van der Waals surface area contributed by atoms with Gasteiger partial charge >= 0.3 is 0 Å². The van der Waals surface area contributed by atoms with Crippen LogP contribution >= 0.6 is 0 Å². The van der Waals surface area contributed by atoms with Gasteiger partial charge in [-0.25, -0.2) is 14.4 Å². The van der Waals surface area contributed by atoms with Crippen molar-refractivity contribution in [1.82, 2.24) is 15.0 Å². The number of anilines is 1. The largest absolute Gasteiger partial charge is 0.351 e. The molecule has 0 amide bonds. The molecule has 4 nitrogen and oxygen atoms in total. The number of halogens is 1. The summed E-state index contributed by atoms with van der Waals surface area (Å²) in [6.45, 7) is 8.18. The Hall–Kier alpha value is -2.17. The van der Waals surface area contributed by atoms with Crippen LogP contribution in [0.5, 0.6) is 0 Å². The van der Waals surface area contributed by atoms with Crippen molar-refractivity contribution < 1.29 is 4.39 Å². The fraction of sp³-hybridized carbons (Fsp3) is 0.500. The van der Waals surface area contributed by atoms with Crippen molar-refractivity contribution in [2.45, 2.75) is 46.1 Å². The molecule has 0 radical (unpaired) electrons. The van der Waals surface area contributed by atoms with E-state index in [1.165, 1.54) is 25.3 Å². The average molecular weight is 338 g/mol. The van der Waals surface area contributed by atoms with E-state index in [0.29, 0.717) is 16.9 Å². The zero-order valence-electron chi connectivity index (χ0n) is 14.9. The van der Waals surface area contributed by atoms with E-state index in [9.17, 15) is 4.39 Å². The van der Waals surface area contributed by atoms with Crippen molar-refractivity contribution in [3.8, 4) is 0 Å². The minimum Gasteiger partial charge on any atom is -0.351 e. The summed E-state index contributed by atoms with van der Waals surface area (Å²) < 4.78 is 13.7. The fourth-order valence-corrected chi connectivity index (χ4v) is 5.58. The maximum absolute atomic E-state index is 13.7. The lowest BCUT2D eigenvalue weighted by Crippen LogP contribution is -2.35. The number of fused-ring (bicyclic) bond motifs is 5. The lowest BCUT2D eigenvalue weighted by molar-refractivity contribution is 0.136. The van der Waals surface area contributed by atoms with Crippen LogP contribution in [-0.4, -0.2) is 27.5 Å². The third kappa shape index (κ3) is 2.25. The van der Waals surface area contributed by atoms with Crippen molar-refractivity contribution in [3.63, 3.8) is 0 Å². The van der Waals surface area contributed by atoms with Crippen LogP contribution in [-0.2, 0) is 0 Å². The molecule has 1 aliphatic carbocycles. The molecule has 1 aromatic carbocycles. The van der Waals surface area contributed by atoms with Gasteiger partial charge in [0, 0.05) is 23.5 Å². The molecule has 2 atom stereocenters. The lowest BCUT2D eigenvalue weighted by Gasteiger charge is -2.39. The number of hydrogen-bond acceptors (Lipinski definition) is 3. The van der Waals surface area contributed by atoms with Crippen LogP contribution in [0.3, 0.4) is 0 Å². The molecule has 5 rings (SSSR count). The molecular formula is C20H23FN4. The molecule has 3 heterocycles. The van der Waals surface area contributed by atoms with E-state index in [4.69, 9.17) is 0 Å². The highest BCUT2D eigenvalue weighted by Crippen LogP contribution is 2.53. The van der Waals surface area contributed by atoms with E-state index >= 15 is 0 Å². The first-order valence-electron chi connectivity index (χ1n) is 9.02. The molecule has 2 bridgehead atoms. The van der Waals surface area contributed by atoms with Gasteiger partial charge in [0.1, 0.15) is 23.2 Å². The summed E-state index contributed by atoms with van der Waals surface area (Å²) >= 11 is 0. The van der Waals surface area contributed by atoms with Crippen molar-refractivity contribution >= 4 is 27.8 Å². The summed E-state index contributed by atoms with van der Waals surface area (Å²) in [6.07, 6.45) is 5.27. The minimum atomic E-state index is -0.236. The second kappa shape index (κ2) is 4.71. The second-order valence-electron chi connectivity index (χ2n) is 9.08. The summed E-state index contributed by atoms with van der Waals surface area (Å²) in [7, 11) is 0. The van der Waals surface area contributed by atoms with Crippen molar-refractivity contribution in [3.05, 3.63) is 30.3 Å². The molecule has 3 aromatic rings. The van der Waals surface area contributed by atoms with E-state index < -0.39 is 0 Å². The smallest absolute Gasteiger partial charge is 0.156 e. The molecule has 1 saturated heterocycles. The van der Waals surface area contributed by atoms with Gasteiger partial charge < -0.3 is 9.88 Å². The maximum atomic E-state index is 13.7.